The van der Waals surface area contributed by atoms with Gasteiger partial charge >= 0.3 is 0 Å². The molecule has 2 aromatic heterocycles. The maximum absolute atomic E-state index is 9.61. The molecule has 0 saturated carbocycles. The van der Waals surface area contributed by atoms with Gasteiger partial charge in [0.2, 0.25) is 0 Å². The third-order valence-electron chi connectivity index (χ3n) is 4.24. The molecule has 29 heavy (non-hydrogen) atoms. The number of anilines is 1. The van der Waals surface area contributed by atoms with Crippen molar-refractivity contribution in [3.63, 3.8) is 0 Å². The first-order chi connectivity index (χ1) is 14.1. The lowest BCUT2D eigenvalue weighted by atomic mass is 10.1. The van der Waals surface area contributed by atoms with Gasteiger partial charge in [0.15, 0.2) is 4.34 Å². The highest BCUT2D eigenvalue weighted by Crippen LogP contribution is 2.32. The summed E-state index contributed by atoms with van der Waals surface area (Å²) in [6.45, 7) is 0. The summed E-state index contributed by atoms with van der Waals surface area (Å²) in [6, 6.07) is 18.6. The monoisotopic (exact) mass is 434 g/mol. The molecule has 0 unspecified atom stereocenters. The molecule has 0 fully saturated rings. The number of nitriles is 1. The minimum absolute atomic E-state index is 0.587. The third kappa shape index (κ3) is 4.67. The molecule has 0 atom stereocenters. The van der Waals surface area contributed by atoms with E-state index in [1.54, 1.807) is 23.1 Å². The second-order valence-corrected chi connectivity index (χ2v) is 9.65. The molecule has 4 aromatic rings. The Morgan fingerprint density at radius 1 is 1.14 bits per heavy atom. The number of hydrogen-bond acceptors (Lipinski definition) is 7. The minimum Gasteiger partial charge on any atom is -0.378 e. The molecule has 2 heterocycles. The number of thiazole rings is 2. The van der Waals surface area contributed by atoms with Crippen molar-refractivity contribution >= 4 is 62.0 Å². The highest BCUT2D eigenvalue weighted by molar-refractivity contribution is 8.00. The molecular formula is C22H18N4S3. The molecule has 7 heteroatoms. The smallest absolute Gasteiger partial charge is 0.151 e. The molecule has 2 aromatic carbocycles. The van der Waals surface area contributed by atoms with Crippen molar-refractivity contribution in [3.8, 4) is 6.07 Å². The third-order valence-corrected chi connectivity index (χ3v) is 7.38. The van der Waals surface area contributed by atoms with Gasteiger partial charge in [-0.25, -0.2) is 9.97 Å². The van der Waals surface area contributed by atoms with E-state index in [1.807, 2.05) is 68.0 Å². The molecule has 0 spiro atoms. The van der Waals surface area contributed by atoms with Crippen LogP contribution in [0.15, 0.2) is 58.3 Å². The summed E-state index contributed by atoms with van der Waals surface area (Å²) in [5.41, 5.74) is 4.72. The maximum atomic E-state index is 9.61. The molecule has 0 amide bonds. The molecule has 144 valence electrons. The van der Waals surface area contributed by atoms with Gasteiger partial charge in [-0.2, -0.15) is 5.26 Å². The highest BCUT2D eigenvalue weighted by Gasteiger charge is 2.10. The lowest BCUT2D eigenvalue weighted by Gasteiger charge is -2.11. The number of thioether (sulfide) groups is 1. The Morgan fingerprint density at radius 3 is 2.66 bits per heavy atom. The summed E-state index contributed by atoms with van der Waals surface area (Å²) in [7, 11) is 4.02. The molecule has 0 bridgehead atoms. The zero-order valence-electron chi connectivity index (χ0n) is 16.0. The van der Waals surface area contributed by atoms with E-state index in [4.69, 9.17) is 0 Å². The van der Waals surface area contributed by atoms with Gasteiger partial charge in [-0.05, 0) is 35.9 Å². The molecule has 0 aliphatic carbocycles. The molecule has 4 nitrogen and oxygen atoms in total. The van der Waals surface area contributed by atoms with E-state index in [-0.39, 0.29) is 0 Å². The molecule has 0 radical (unpaired) electrons. The number of benzene rings is 2. The van der Waals surface area contributed by atoms with Crippen LogP contribution < -0.4 is 4.90 Å². The van der Waals surface area contributed by atoms with Gasteiger partial charge in [-0.1, -0.05) is 36.0 Å². The van der Waals surface area contributed by atoms with Crippen LogP contribution in [0.4, 0.5) is 5.69 Å². The van der Waals surface area contributed by atoms with E-state index in [0.29, 0.717) is 5.57 Å². The summed E-state index contributed by atoms with van der Waals surface area (Å²) in [6.07, 6.45) is 1.89. The zero-order chi connectivity index (χ0) is 20.2. The van der Waals surface area contributed by atoms with Crippen molar-refractivity contribution < 1.29 is 0 Å². The number of fused-ring (bicyclic) bond motifs is 1. The van der Waals surface area contributed by atoms with E-state index in [0.717, 1.165) is 37.6 Å². The standard InChI is InChI=1S/C22H18N4S3/c1-26(2)18-9-7-15(8-10-18)11-16(12-23)21-24-17(13-27-21)14-28-22-25-19-5-3-4-6-20(19)29-22/h3-11,13H,14H2,1-2H3. The van der Waals surface area contributed by atoms with E-state index < -0.39 is 0 Å². The van der Waals surface area contributed by atoms with Gasteiger partial charge in [-0.3, -0.25) is 0 Å². The molecule has 4 rings (SSSR count). The average molecular weight is 435 g/mol. The van der Waals surface area contributed by atoms with Crippen LogP contribution in [-0.2, 0) is 5.75 Å². The van der Waals surface area contributed by atoms with Crippen LogP contribution in [0.3, 0.4) is 0 Å². The summed E-state index contributed by atoms with van der Waals surface area (Å²) in [5.74, 6) is 0.743. The summed E-state index contributed by atoms with van der Waals surface area (Å²) >= 11 is 4.89. The zero-order valence-corrected chi connectivity index (χ0v) is 18.4. The van der Waals surface area contributed by atoms with Crippen molar-refractivity contribution in [1.82, 2.24) is 9.97 Å². The lowest BCUT2D eigenvalue weighted by Crippen LogP contribution is -2.07. The second kappa shape index (κ2) is 8.78. The van der Waals surface area contributed by atoms with E-state index >= 15 is 0 Å². The fourth-order valence-electron chi connectivity index (χ4n) is 2.72. The van der Waals surface area contributed by atoms with E-state index in [9.17, 15) is 5.26 Å². The van der Waals surface area contributed by atoms with Crippen molar-refractivity contribution in [3.05, 3.63) is 70.2 Å². The van der Waals surface area contributed by atoms with Crippen molar-refractivity contribution in [2.45, 2.75) is 10.1 Å². The fourth-order valence-corrected chi connectivity index (χ4v) is 5.57. The number of hydrogen-bond donors (Lipinski definition) is 0. The molecular weight excluding hydrogens is 416 g/mol. The number of nitrogens with zero attached hydrogens (tertiary/aromatic N) is 4. The molecule has 0 N–H and O–H groups in total. The highest BCUT2D eigenvalue weighted by atomic mass is 32.2. The quantitative estimate of drug-likeness (QED) is 0.268. The second-order valence-electron chi connectivity index (χ2n) is 6.54. The Labute approximate surface area is 182 Å². The fraction of sp³-hybridized carbons (Fsp3) is 0.136. The van der Waals surface area contributed by atoms with E-state index in [1.165, 1.54) is 16.0 Å². The van der Waals surface area contributed by atoms with Gasteiger partial charge in [-0.15, -0.1) is 22.7 Å². The Balaban J connectivity index is 1.47. The van der Waals surface area contributed by atoms with Gasteiger partial charge in [0.25, 0.3) is 0 Å². The van der Waals surface area contributed by atoms with Gasteiger partial charge in [0.1, 0.15) is 11.1 Å². The van der Waals surface area contributed by atoms with Crippen LogP contribution in [0.1, 0.15) is 16.3 Å². The van der Waals surface area contributed by atoms with Crippen LogP contribution in [0.25, 0.3) is 21.9 Å². The predicted octanol–water partition coefficient (Wildman–Crippen LogP) is 6.18. The first kappa shape index (κ1) is 19.6. The van der Waals surface area contributed by atoms with Crippen LogP contribution >= 0.6 is 34.4 Å². The van der Waals surface area contributed by atoms with Gasteiger partial charge < -0.3 is 4.90 Å². The van der Waals surface area contributed by atoms with Gasteiger partial charge in [0, 0.05) is 30.9 Å². The largest absolute Gasteiger partial charge is 0.378 e. The molecule has 0 aliphatic rings. The Morgan fingerprint density at radius 2 is 1.93 bits per heavy atom. The molecule has 0 saturated heterocycles. The van der Waals surface area contributed by atoms with Crippen LogP contribution in [-0.4, -0.2) is 24.1 Å². The Bertz CT molecular complexity index is 1160. The summed E-state index contributed by atoms with van der Waals surface area (Å²) in [4.78, 5) is 11.4. The number of rotatable bonds is 6. The number of aromatic nitrogens is 2. The Kier molecular flexibility index (Phi) is 5.95. The average Bonchev–Trinajstić information content (AvgIpc) is 3.37. The first-order valence-corrected chi connectivity index (χ1v) is 11.6. The molecule has 0 aliphatic heterocycles. The topological polar surface area (TPSA) is 52.8 Å². The normalized spacial score (nSPS) is 11.6. The number of allylic oxidation sites excluding steroid dienone is 1. The Hall–Kier alpha value is -2.66. The maximum Gasteiger partial charge on any atom is 0.151 e. The first-order valence-electron chi connectivity index (χ1n) is 8.95. The van der Waals surface area contributed by atoms with Crippen LogP contribution in [0, 0.1) is 11.3 Å². The predicted molar refractivity (Wildman–Crippen MR) is 126 cm³/mol. The van der Waals surface area contributed by atoms with Crippen LogP contribution in [0.5, 0.6) is 0 Å². The van der Waals surface area contributed by atoms with E-state index in [2.05, 4.69) is 27.0 Å². The van der Waals surface area contributed by atoms with Crippen molar-refractivity contribution in [2.24, 2.45) is 0 Å². The number of para-hydroxylation sites is 1. The SMILES string of the molecule is CN(C)c1ccc(C=C(C#N)c2nc(CSc3nc4ccccc4s3)cs2)cc1. The lowest BCUT2D eigenvalue weighted by molar-refractivity contribution is 1.13. The van der Waals surface area contributed by atoms with Crippen molar-refractivity contribution in [2.75, 3.05) is 19.0 Å². The van der Waals surface area contributed by atoms with Crippen molar-refractivity contribution in [1.29, 1.82) is 5.26 Å². The summed E-state index contributed by atoms with van der Waals surface area (Å²) in [5, 5.41) is 12.4. The van der Waals surface area contributed by atoms with Gasteiger partial charge in [0.05, 0.1) is 21.5 Å². The van der Waals surface area contributed by atoms with Crippen LogP contribution in [0.2, 0.25) is 0 Å². The minimum atomic E-state index is 0.587. The summed E-state index contributed by atoms with van der Waals surface area (Å²) < 4.78 is 2.24.